The zero-order valence-electron chi connectivity index (χ0n) is 11.6. The lowest BCUT2D eigenvalue weighted by atomic mass is 10.1. The first-order valence-electron chi connectivity index (χ1n) is 6.22. The van der Waals surface area contributed by atoms with Crippen LogP contribution < -0.4 is 5.32 Å². The summed E-state index contributed by atoms with van der Waals surface area (Å²) in [4.78, 5) is 12.1. The molecule has 19 heavy (non-hydrogen) atoms. The highest BCUT2D eigenvalue weighted by atomic mass is 16.5. The predicted molar refractivity (Wildman–Crippen MR) is 69.9 cm³/mol. The number of aromatic amines is 1. The molecule has 0 radical (unpaired) electrons. The Kier molecular flexibility index (Phi) is 3.69. The van der Waals surface area contributed by atoms with Crippen molar-refractivity contribution in [3.8, 4) is 0 Å². The quantitative estimate of drug-likeness (QED) is 0.878. The van der Waals surface area contributed by atoms with Crippen molar-refractivity contribution in [1.82, 2.24) is 20.7 Å². The molecule has 2 rings (SSSR count). The van der Waals surface area contributed by atoms with Gasteiger partial charge in [-0.1, -0.05) is 5.16 Å². The highest BCUT2D eigenvalue weighted by Gasteiger charge is 2.19. The van der Waals surface area contributed by atoms with Crippen molar-refractivity contribution in [2.45, 2.75) is 40.2 Å². The highest BCUT2D eigenvalue weighted by Crippen LogP contribution is 2.12. The Hall–Kier alpha value is -2.11. The number of aryl methyl sites for hydroxylation is 3. The van der Waals surface area contributed by atoms with E-state index < -0.39 is 0 Å². The van der Waals surface area contributed by atoms with E-state index in [-0.39, 0.29) is 11.9 Å². The Bertz CT molecular complexity index is 566. The topological polar surface area (TPSA) is 83.8 Å². The number of carbonyl (C=O) groups is 1. The molecule has 1 atom stereocenters. The van der Waals surface area contributed by atoms with Crippen molar-refractivity contribution >= 4 is 5.91 Å². The second-order valence-electron chi connectivity index (χ2n) is 4.82. The minimum absolute atomic E-state index is 0.0103. The van der Waals surface area contributed by atoms with Crippen LogP contribution in [-0.2, 0) is 6.42 Å². The van der Waals surface area contributed by atoms with E-state index in [1.807, 2.05) is 19.9 Å². The summed E-state index contributed by atoms with van der Waals surface area (Å²) in [7, 11) is 0. The molecule has 6 nitrogen and oxygen atoms in total. The Morgan fingerprint density at radius 3 is 2.74 bits per heavy atom. The third-order valence-corrected chi connectivity index (χ3v) is 2.91. The average molecular weight is 262 g/mol. The van der Waals surface area contributed by atoms with Crippen LogP contribution in [0.2, 0.25) is 0 Å². The fourth-order valence-electron chi connectivity index (χ4n) is 2.05. The third kappa shape index (κ3) is 3.01. The molecule has 1 unspecified atom stereocenters. The van der Waals surface area contributed by atoms with Gasteiger partial charge in [-0.3, -0.25) is 9.89 Å². The monoisotopic (exact) mass is 262 g/mol. The Labute approximate surface area is 111 Å². The number of carbonyl (C=O) groups excluding carboxylic acids is 1. The normalized spacial score (nSPS) is 12.4. The van der Waals surface area contributed by atoms with Crippen LogP contribution in [0.1, 0.15) is 40.1 Å². The summed E-state index contributed by atoms with van der Waals surface area (Å²) in [5, 5.41) is 13.7. The summed E-state index contributed by atoms with van der Waals surface area (Å²) < 4.78 is 4.99. The minimum Gasteiger partial charge on any atom is -0.361 e. The van der Waals surface area contributed by atoms with E-state index >= 15 is 0 Å². The number of H-pyrrole nitrogens is 1. The Morgan fingerprint density at radius 1 is 1.47 bits per heavy atom. The fraction of sp³-hybridized carbons (Fsp3) is 0.462. The van der Waals surface area contributed by atoms with Crippen molar-refractivity contribution in [3.05, 3.63) is 34.5 Å². The molecule has 6 heteroatoms. The minimum atomic E-state index is -0.156. The molecule has 0 spiro atoms. The van der Waals surface area contributed by atoms with E-state index in [1.54, 1.807) is 13.8 Å². The first-order chi connectivity index (χ1) is 8.97. The smallest absolute Gasteiger partial charge is 0.257 e. The molecule has 0 fully saturated rings. The standard InChI is InChI=1S/C13H18N4O2/c1-7(5-11-6-8(2)15-16-11)14-13(18)12-9(3)17-19-10(12)4/h6-7H,5H2,1-4H3,(H,14,18)(H,15,16). The van der Waals surface area contributed by atoms with E-state index in [1.165, 1.54) is 0 Å². The number of amides is 1. The molecule has 2 aromatic rings. The van der Waals surface area contributed by atoms with Gasteiger partial charge in [0.15, 0.2) is 0 Å². The van der Waals surface area contributed by atoms with Crippen LogP contribution in [0.4, 0.5) is 0 Å². The zero-order valence-corrected chi connectivity index (χ0v) is 11.6. The van der Waals surface area contributed by atoms with Gasteiger partial charge in [-0.05, 0) is 33.8 Å². The molecular weight excluding hydrogens is 244 g/mol. The van der Waals surface area contributed by atoms with Gasteiger partial charge in [0.25, 0.3) is 5.91 Å². The molecule has 2 N–H and O–H groups in total. The molecule has 0 saturated heterocycles. The average Bonchev–Trinajstić information content (AvgIpc) is 2.85. The maximum absolute atomic E-state index is 12.1. The zero-order chi connectivity index (χ0) is 14.0. The van der Waals surface area contributed by atoms with Crippen LogP contribution in [0, 0.1) is 20.8 Å². The predicted octanol–water partition coefficient (Wildman–Crippen LogP) is 1.68. The Morgan fingerprint density at radius 2 is 2.21 bits per heavy atom. The van der Waals surface area contributed by atoms with Crippen molar-refractivity contribution in [2.75, 3.05) is 0 Å². The highest BCUT2D eigenvalue weighted by molar-refractivity contribution is 5.96. The molecule has 2 aromatic heterocycles. The van der Waals surface area contributed by atoms with Crippen molar-refractivity contribution in [3.63, 3.8) is 0 Å². The number of nitrogens with one attached hydrogen (secondary N) is 2. The van der Waals surface area contributed by atoms with Gasteiger partial charge in [-0.15, -0.1) is 0 Å². The van der Waals surface area contributed by atoms with Crippen molar-refractivity contribution < 1.29 is 9.32 Å². The van der Waals surface area contributed by atoms with Gasteiger partial charge in [0, 0.05) is 18.2 Å². The molecule has 0 aromatic carbocycles. The van der Waals surface area contributed by atoms with E-state index in [9.17, 15) is 4.79 Å². The lowest BCUT2D eigenvalue weighted by molar-refractivity contribution is 0.0938. The van der Waals surface area contributed by atoms with Gasteiger partial charge in [0.05, 0.1) is 11.4 Å². The number of nitrogens with zero attached hydrogens (tertiary/aromatic N) is 2. The van der Waals surface area contributed by atoms with Gasteiger partial charge in [0.1, 0.15) is 11.3 Å². The van der Waals surface area contributed by atoms with Crippen molar-refractivity contribution in [1.29, 1.82) is 0 Å². The largest absolute Gasteiger partial charge is 0.361 e. The van der Waals surface area contributed by atoms with Crippen LogP contribution in [0.5, 0.6) is 0 Å². The van der Waals surface area contributed by atoms with Gasteiger partial charge < -0.3 is 9.84 Å². The SMILES string of the molecule is Cc1cc(CC(C)NC(=O)c2c(C)noc2C)n[nH]1. The summed E-state index contributed by atoms with van der Waals surface area (Å²) in [6.45, 7) is 7.38. The molecule has 102 valence electrons. The van der Waals surface area contributed by atoms with E-state index in [0.29, 0.717) is 23.4 Å². The molecule has 0 aliphatic rings. The molecule has 0 aliphatic carbocycles. The summed E-state index contributed by atoms with van der Waals surface area (Å²) in [6.07, 6.45) is 0.680. The lowest BCUT2D eigenvalue weighted by Gasteiger charge is -2.12. The molecule has 0 saturated carbocycles. The molecule has 1 amide bonds. The first kappa shape index (κ1) is 13.3. The van der Waals surface area contributed by atoms with E-state index in [4.69, 9.17) is 4.52 Å². The van der Waals surface area contributed by atoms with E-state index in [0.717, 1.165) is 11.4 Å². The summed E-state index contributed by atoms with van der Waals surface area (Å²) in [5.74, 6) is 0.383. The Balaban J connectivity index is 1.99. The third-order valence-electron chi connectivity index (χ3n) is 2.91. The molecular formula is C13H18N4O2. The first-order valence-corrected chi connectivity index (χ1v) is 6.22. The van der Waals surface area contributed by atoms with Crippen LogP contribution in [0.15, 0.2) is 10.6 Å². The van der Waals surface area contributed by atoms with Gasteiger partial charge in [-0.25, -0.2) is 0 Å². The van der Waals surface area contributed by atoms with Crippen molar-refractivity contribution in [2.24, 2.45) is 0 Å². The maximum Gasteiger partial charge on any atom is 0.257 e. The van der Waals surface area contributed by atoms with Crippen LogP contribution >= 0.6 is 0 Å². The van der Waals surface area contributed by atoms with Gasteiger partial charge in [0.2, 0.25) is 0 Å². The fourth-order valence-corrected chi connectivity index (χ4v) is 2.05. The van der Waals surface area contributed by atoms with Crippen LogP contribution in [0.3, 0.4) is 0 Å². The molecule has 0 aliphatic heterocycles. The number of hydrogen-bond donors (Lipinski definition) is 2. The second kappa shape index (κ2) is 5.26. The van der Waals surface area contributed by atoms with Gasteiger partial charge >= 0.3 is 0 Å². The van der Waals surface area contributed by atoms with E-state index in [2.05, 4.69) is 20.7 Å². The number of rotatable bonds is 4. The van der Waals surface area contributed by atoms with Gasteiger partial charge in [-0.2, -0.15) is 5.10 Å². The number of aromatic nitrogens is 3. The lowest BCUT2D eigenvalue weighted by Crippen LogP contribution is -2.34. The summed E-state index contributed by atoms with van der Waals surface area (Å²) >= 11 is 0. The molecule has 2 heterocycles. The maximum atomic E-state index is 12.1. The summed E-state index contributed by atoms with van der Waals surface area (Å²) in [6, 6.07) is 1.96. The summed E-state index contributed by atoms with van der Waals surface area (Å²) in [5.41, 5.74) is 3.08. The number of hydrogen-bond acceptors (Lipinski definition) is 4. The second-order valence-corrected chi connectivity index (χ2v) is 4.82. The van der Waals surface area contributed by atoms with Crippen LogP contribution in [0.25, 0.3) is 0 Å². The molecule has 0 bridgehead atoms. The van der Waals surface area contributed by atoms with Crippen LogP contribution in [-0.4, -0.2) is 27.3 Å².